The van der Waals surface area contributed by atoms with Gasteiger partial charge in [-0.05, 0) is 49.4 Å². The van der Waals surface area contributed by atoms with Crippen molar-refractivity contribution in [3.8, 4) is 11.5 Å². The summed E-state index contributed by atoms with van der Waals surface area (Å²) in [5, 5.41) is 3.39. The Kier molecular flexibility index (Phi) is 6.76. The maximum absolute atomic E-state index is 5.43. The molecule has 0 amide bonds. The molecule has 2 rings (SSSR count). The van der Waals surface area contributed by atoms with E-state index in [-0.39, 0.29) is 0 Å². The summed E-state index contributed by atoms with van der Waals surface area (Å²) in [6.07, 6.45) is 3.97. The van der Waals surface area contributed by atoms with Gasteiger partial charge in [0.05, 0.1) is 14.2 Å². The van der Waals surface area contributed by atoms with Gasteiger partial charge in [0.1, 0.15) is 0 Å². The first kappa shape index (κ1) is 18.4. The summed E-state index contributed by atoms with van der Waals surface area (Å²) in [4.78, 5) is 6.94. The van der Waals surface area contributed by atoms with Crippen molar-refractivity contribution in [1.29, 1.82) is 0 Å². The molecule has 0 aromatic heterocycles. The third-order valence-corrected chi connectivity index (χ3v) is 4.44. The highest BCUT2D eigenvalue weighted by molar-refractivity contribution is 5.79. The lowest BCUT2D eigenvalue weighted by molar-refractivity contribution is 0.353. The van der Waals surface area contributed by atoms with Gasteiger partial charge in [-0.3, -0.25) is 4.99 Å². The Labute approximate surface area is 146 Å². The zero-order valence-corrected chi connectivity index (χ0v) is 15.7. The average Bonchev–Trinajstić information content (AvgIpc) is 3.39. The number of ether oxygens (including phenoxy) is 2. The lowest BCUT2D eigenvalue weighted by Crippen LogP contribution is -2.38. The summed E-state index contributed by atoms with van der Waals surface area (Å²) < 4.78 is 10.8. The maximum atomic E-state index is 5.43. The van der Waals surface area contributed by atoms with Crippen molar-refractivity contribution in [2.75, 3.05) is 34.4 Å². The van der Waals surface area contributed by atoms with Crippen LogP contribution in [-0.4, -0.2) is 45.2 Å². The molecule has 0 spiro atoms. The van der Waals surface area contributed by atoms with Crippen LogP contribution in [0.5, 0.6) is 11.5 Å². The van der Waals surface area contributed by atoms with E-state index in [1.165, 1.54) is 30.4 Å². The molecule has 1 fully saturated rings. The van der Waals surface area contributed by atoms with E-state index in [2.05, 4.69) is 37.2 Å². The Hall–Kier alpha value is -1.91. The van der Waals surface area contributed by atoms with Gasteiger partial charge in [-0.25, -0.2) is 0 Å². The van der Waals surface area contributed by atoms with E-state index in [1.54, 1.807) is 14.2 Å². The molecule has 1 aromatic carbocycles. The Bertz CT molecular complexity index is 568. The van der Waals surface area contributed by atoms with Crippen LogP contribution < -0.4 is 14.8 Å². The second-order valence-electron chi connectivity index (χ2n) is 6.46. The molecule has 24 heavy (non-hydrogen) atoms. The normalized spacial score (nSPS) is 14.5. The van der Waals surface area contributed by atoms with Crippen LogP contribution in [0.2, 0.25) is 0 Å². The van der Waals surface area contributed by atoms with Crippen molar-refractivity contribution in [3.05, 3.63) is 23.3 Å². The van der Waals surface area contributed by atoms with Gasteiger partial charge in [-0.1, -0.05) is 12.8 Å². The first-order valence-electron chi connectivity index (χ1n) is 8.80. The summed E-state index contributed by atoms with van der Waals surface area (Å²) in [7, 11) is 5.41. The quantitative estimate of drug-likeness (QED) is 0.586. The predicted molar refractivity (Wildman–Crippen MR) is 99.1 cm³/mol. The third kappa shape index (κ3) is 5.05. The lowest BCUT2D eigenvalue weighted by atomic mass is 10.1. The molecular formula is C19H31N3O2. The monoisotopic (exact) mass is 333 g/mol. The van der Waals surface area contributed by atoms with E-state index in [0.29, 0.717) is 0 Å². The number of benzene rings is 1. The molecular weight excluding hydrogens is 302 g/mol. The van der Waals surface area contributed by atoms with Crippen molar-refractivity contribution in [2.24, 2.45) is 10.9 Å². The number of hydrogen-bond acceptors (Lipinski definition) is 3. The second-order valence-corrected chi connectivity index (χ2v) is 6.46. The number of hydrogen-bond donors (Lipinski definition) is 1. The van der Waals surface area contributed by atoms with Gasteiger partial charge in [-0.2, -0.15) is 0 Å². The minimum absolute atomic E-state index is 0.766. The van der Waals surface area contributed by atoms with Gasteiger partial charge in [0, 0.05) is 26.7 Å². The number of aryl methyl sites for hydroxylation is 1. The van der Waals surface area contributed by atoms with E-state index >= 15 is 0 Å². The Morgan fingerprint density at radius 3 is 2.50 bits per heavy atom. The summed E-state index contributed by atoms with van der Waals surface area (Å²) >= 11 is 0. The molecule has 1 aliphatic rings. The highest BCUT2D eigenvalue weighted by Crippen LogP contribution is 2.32. The van der Waals surface area contributed by atoms with Crippen molar-refractivity contribution in [1.82, 2.24) is 10.2 Å². The predicted octanol–water partition coefficient (Wildman–Crippen LogP) is 3.21. The highest BCUT2D eigenvalue weighted by Gasteiger charge is 2.20. The fraction of sp³-hybridized carbons (Fsp3) is 0.632. The van der Waals surface area contributed by atoms with E-state index in [0.717, 1.165) is 43.0 Å². The molecule has 0 atom stereocenters. The number of nitrogens with zero attached hydrogens (tertiary/aromatic N) is 2. The average molecular weight is 333 g/mol. The number of guanidine groups is 1. The Morgan fingerprint density at radius 1 is 1.25 bits per heavy atom. The summed E-state index contributed by atoms with van der Waals surface area (Å²) in [6.45, 7) is 6.76. The molecule has 1 N–H and O–H groups in total. The van der Waals surface area contributed by atoms with E-state index in [9.17, 15) is 0 Å². The Balaban J connectivity index is 2.08. The minimum Gasteiger partial charge on any atom is -0.493 e. The molecule has 0 unspecified atom stereocenters. The van der Waals surface area contributed by atoms with Crippen molar-refractivity contribution in [2.45, 2.75) is 39.7 Å². The molecule has 0 saturated heterocycles. The van der Waals surface area contributed by atoms with Crippen LogP contribution in [0.3, 0.4) is 0 Å². The van der Waals surface area contributed by atoms with Crippen LogP contribution in [0.25, 0.3) is 0 Å². The number of methoxy groups -OCH3 is 2. The van der Waals surface area contributed by atoms with Crippen molar-refractivity contribution < 1.29 is 9.47 Å². The van der Waals surface area contributed by atoms with E-state index in [4.69, 9.17) is 14.5 Å². The van der Waals surface area contributed by atoms with Crippen molar-refractivity contribution >= 4 is 5.96 Å². The fourth-order valence-electron chi connectivity index (χ4n) is 2.75. The van der Waals surface area contributed by atoms with Crippen LogP contribution in [0.15, 0.2) is 17.1 Å². The zero-order valence-electron chi connectivity index (χ0n) is 15.7. The largest absolute Gasteiger partial charge is 0.493 e. The molecule has 0 bridgehead atoms. The lowest BCUT2D eigenvalue weighted by Gasteiger charge is -2.23. The van der Waals surface area contributed by atoms with Gasteiger partial charge < -0.3 is 19.7 Å². The maximum Gasteiger partial charge on any atom is 0.193 e. The molecule has 0 heterocycles. The first-order chi connectivity index (χ1) is 11.6. The van der Waals surface area contributed by atoms with Crippen LogP contribution >= 0.6 is 0 Å². The second kappa shape index (κ2) is 8.81. The zero-order chi connectivity index (χ0) is 17.5. The van der Waals surface area contributed by atoms with Crippen LogP contribution in [0, 0.1) is 12.8 Å². The van der Waals surface area contributed by atoms with Crippen molar-refractivity contribution in [3.63, 3.8) is 0 Å². The number of aliphatic imine (C=N–C) groups is 1. The number of nitrogens with one attached hydrogen (secondary N) is 1. The fourth-order valence-corrected chi connectivity index (χ4v) is 2.75. The van der Waals surface area contributed by atoms with E-state index in [1.807, 2.05) is 6.07 Å². The van der Waals surface area contributed by atoms with Gasteiger partial charge >= 0.3 is 0 Å². The van der Waals surface area contributed by atoms with Gasteiger partial charge in [0.25, 0.3) is 0 Å². The molecule has 5 nitrogen and oxygen atoms in total. The summed E-state index contributed by atoms with van der Waals surface area (Å²) in [5.74, 6) is 3.41. The molecule has 0 aliphatic heterocycles. The first-order valence-corrected chi connectivity index (χ1v) is 8.80. The SMILES string of the molecule is CCNC(=NCCC1CC1)N(C)Cc1cc(OC)c(OC)cc1C. The van der Waals surface area contributed by atoms with Gasteiger partial charge in [0.2, 0.25) is 0 Å². The summed E-state index contributed by atoms with van der Waals surface area (Å²) in [5.41, 5.74) is 2.40. The molecule has 1 aromatic rings. The number of rotatable bonds is 8. The summed E-state index contributed by atoms with van der Waals surface area (Å²) in [6, 6.07) is 4.08. The molecule has 134 valence electrons. The topological polar surface area (TPSA) is 46.1 Å². The molecule has 0 radical (unpaired) electrons. The van der Waals surface area contributed by atoms with E-state index < -0.39 is 0 Å². The highest BCUT2D eigenvalue weighted by atomic mass is 16.5. The van der Waals surface area contributed by atoms with Crippen LogP contribution in [-0.2, 0) is 6.54 Å². The molecule has 1 aliphatic carbocycles. The Morgan fingerprint density at radius 2 is 1.92 bits per heavy atom. The molecule has 1 saturated carbocycles. The minimum atomic E-state index is 0.766. The smallest absolute Gasteiger partial charge is 0.193 e. The standard InChI is InChI=1S/C19H31N3O2/c1-6-20-19(21-10-9-15-7-8-15)22(3)13-16-12-18(24-5)17(23-4)11-14(16)2/h11-12,15H,6-10,13H2,1-5H3,(H,20,21). The van der Waals surface area contributed by atoms with Crippen LogP contribution in [0.1, 0.15) is 37.3 Å². The van der Waals surface area contributed by atoms with Gasteiger partial charge in [-0.15, -0.1) is 0 Å². The van der Waals surface area contributed by atoms with Gasteiger partial charge in [0.15, 0.2) is 17.5 Å². The third-order valence-electron chi connectivity index (χ3n) is 4.44. The van der Waals surface area contributed by atoms with Crippen LogP contribution in [0.4, 0.5) is 0 Å². The molecule has 5 heteroatoms.